The van der Waals surface area contributed by atoms with Gasteiger partial charge in [-0.2, -0.15) is 0 Å². The van der Waals surface area contributed by atoms with Crippen LogP contribution in [0.15, 0.2) is 12.1 Å². The third-order valence-electron chi connectivity index (χ3n) is 3.40. The molecule has 2 heterocycles. The molecule has 1 atom stereocenters. The van der Waals surface area contributed by atoms with Gasteiger partial charge in [-0.3, -0.25) is 0 Å². The molecule has 1 aromatic rings. The quantitative estimate of drug-likeness (QED) is 0.835. The third-order valence-corrected chi connectivity index (χ3v) is 3.62. The first-order valence-electron chi connectivity index (χ1n) is 6.17. The Bertz CT molecular complexity index is 431. The first-order valence-corrected chi connectivity index (χ1v) is 6.58. The molecule has 1 aliphatic heterocycles. The fourth-order valence-corrected chi connectivity index (χ4v) is 2.65. The molecular formula is C13H19N3S. The van der Waals surface area contributed by atoms with Crippen molar-refractivity contribution in [3.63, 3.8) is 0 Å². The van der Waals surface area contributed by atoms with Crippen LogP contribution in [0.2, 0.25) is 0 Å². The molecule has 1 saturated heterocycles. The summed E-state index contributed by atoms with van der Waals surface area (Å²) >= 11 is 5.11. The highest BCUT2D eigenvalue weighted by molar-refractivity contribution is 7.80. The molecule has 0 aromatic carbocycles. The fourth-order valence-electron chi connectivity index (χ4n) is 2.49. The number of anilines is 1. The van der Waals surface area contributed by atoms with E-state index >= 15 is 0 Å². The predicted molar refractivity (Wildman–Crippen MR) is 75.5 cm³/mol. The van der Waals surface area contributed by atoms with E-state index in [1.807, 2.05) is 19.1 Å². The zero-order valence-corrected chi connectivity index (χ0v) is 11.3. The molecule has 0 spiro atoms. The first kappa shape index (κ1) is 12.3. The van der Waals surface area contributed by atoms with Crippen LogP contribution >= 0.6 is 12.2 Å². The van der Waals surface area contributed by atoms with Gasteiger partial charge in [0.15, 0.2) is 0 Å². The van der Waals surface area contributed by atoms with Crippen LogP contribution in [0, 0.1) is 6.92 Å². The molecule has 2 N–H and O–H groups in total. The monoisotopic (exact) mass is 249 g/mol. The molecule has 0 saturated carbocycles. The van der Waals surface area contributed by atoms with Gasteiger partial charge in [-0.25, -0.2) is 4.98 Å². The van der Waals surface area contributed by atoms with E-state index in [0.29, 0.717) is 11.0 Å². The average Bonchev–Trinajstić information content (AvgIpc) is 2.76. The van der Waals surface area contributed by atoms with Crippen molar-refractivity contribution in [1.82, 2.24) is 4.98 Å². The molecule has 1 aromatic heterocycles. The maximum atomic E-state index is 5.78. The molecule has 17 heavy (non-hydrogen) atoms. The van der Waals surface area contributed by atoms with Gasteiger partial charge < -0.3 is 10.6 Å². The first-order chi connectivity index (χ1) is 8.13. The van der Waals surface area contributed by atoms with E-state index in [2.05, 4.69) is 16.8 Å². The van der Waals surface area contributed by atoms with Crippen LogP contribution in [0.25, 0.3) is 0 Å². The lowest BCUT2D eigenvalue weighted by Gasteiger charge is -2.27. The van der Waals surface area contributed by atoms with Crippen LogP contribution in [-0.2, 0) is 0 Å². The van der Waals surface area contributed by atoms with E-state index in [9.17, 15) is 0 Å². The molecule has 1 aliphatic rings. The number of hydrogen-bond donors (Lipinski definition) is 1. The maximum absolute atomic E-state index is 5.78. The minimum Gasteiger partial charge on any atom is -0.389 e. The number of nitrogens with zero attached hydrogens (tertiary/aromatic N) is 2. The van der Waals surface area contributed by atoms with E-state index in [-0.39, 0.29) is 0 Å². The number of nitrogens with two attached hydrogens (primary N) is 1. The van der Waals surface area contributed by atoms with Crippen LogP contribution in [0.1, 0.15) is 37.4 Å². The highest BCUT2D eigenvalue weighted by Gasteiger charge is 2.26. The number of hydrogen-bond acceptors (Lipinski definition) is 3. The lowest BCUT2D eigenvalue weighted by Crippen LogP contribution is -2.31. The van der Waals surface area contributed by atoms with Gasteiger partial charge in [0.1, 0.15) is 10.8 Å². The number of aromatic nitrogens is 1. The Morgan fingerprint density at radius 1 is 1.59 bits per heavy atom. The van der Waals surface area contributed by atoms with Gasteiger partial charge >= 0.3 is 0 Å². The summed E-state index contributed by atoms with van der Waals surface area (Å²) in [6.07, 6.45) is 3.61. The summed E-state index contributed by atoms with van der Waals surface area (Å²) in [4.78, 5) is 7.43. The van der Waals surface area contributed by atoms with Gasteiger partial charge in [-0.15, -0.1) is 0 Å². The minimum absolute atomic E-state index is 0.439. The summed E-state index contributed by atoms with van der Waals surface area (Å²) in [5.41, 5.74) is 7.71. The van der Waals surface area contributed by atoms with Gasteiger partial charge in [0.2, 0.25) is 0 Å². The van der Waals surface area contributed by atoms with Crippen molar-refractivity contribution in [2.45, 2.75) is 39.2 Å². The predicted octanol–water partition coefficient (Wildman–Crippen LogP) is 2.40. The molecule has 3 nitrogen and oxygen atoms in total. The molecule has 0 bridgehead atoms. The Morgan fingerprint density at radius 2 is 2.35 bits per heavy atom. The highest BCUT2D eigenvalue weighted by atomic mass is 32.1. The lowest BCUT2D eigenvalue weighted by atomic mass is 10.1. The van der Waals surface area contributed by atoms with Gasteiger partial charge in [-0.05, 0) is 38.3 Å². The number of pyridine rings is 1. The van der Waals surface area contributed by atoms with E-state index in [1.54, 1.807) is 0 Å². The van der Waals surface area contributed by atoms with Gasteiger partial charge in [0.25, 0.3) is 0 Å². The topological polar surface area (TPSA) is 42.2 Å². The van der Waals surface area contributed by atoms with Gasteiger partial charge in [0, 0.05) is 18.3 Å². The Morgan fingerprint density at radius 3 is 3.00 bits per heavy atom. The fraction of sp³-hybridized carbons (Fsp3) is 0.538. The smallest absolute Gasteiger partial charge is 0.139 e. The van der Waals surface area contributed by atoms with E-state index in [4.69, 9.17) is 18.0 Å². The normalized spacial score (nSPS) is 19.6. The van der Waals surface area contributed by atoms with Gasteiger partial charge in [0.05, 0.1) is 5.56 Å². The van der Waals surface area contributed by atoms with Crippen molar-refractivity contribution in [3.05, 3.63) is 23.4 Å². The van der Waals surface area contributed by atoms with Crippen molar-refractivity contribution < 1.29 is 0 Å². The summed E-state index contributed by atoms with van der Waals surface area (Å²) in [7, 11) is 0. The Kier molecular flexibility index (Phi) is 3.62. The van der Waals surface area contributed by atoms with Crippen molar-refractivity contribution in [2.75, 3.05) is 11.4 Å². The molecule has 0 radical (unpaired) electrons. The summed E-state index contributed by atoms with van der Waals surface area (Å²) in [5, 5.41) is 0. The van der Waals surface area contributed by atoms with Crippen LogP contribution < -0.4 is 10.6 Å². The van der Waals surface area contributed by atoms with Crippen LogP contribution in [0.3, 0.4) is 0 Å². The molecular weight excluding hydrogens is 230 g/mol. The second kappa shape index (κ2) is 5.00. The van der Waals surface area contributed by atoms with E-state index in [0.717, 1.165) is 30.0 Å². The zero-order chi connectivity index (χ0) is 12.4. The Balaban J connectivity index is 2.42. The largest absolute Gasteiger partial charge is 0.389 e. The van der Waals surface area contributed by atoms with E-state index < -0.39 is 0 Å². The zero-order valence-electron chi connectivity index (χ0n) is 10.4. The van der Waals surface area contributed by atoms with Crippen LogP contribution in [-0.4, -0.2) is 22.6 Å². The number of thiocarbonyl (C=S) groups is 1. The lowest BCUT2D eigenvalue weighted by molar-refractivity contribution is 0.640. The highest BCUT2D eigenvalue weighted by Crippen LogP contribution is 2.28. The number of rotatable bonds is 3. The van der Waals surface area contributed by atoms with E-state index in [1.165, 1.54) is 12.8 Å². The van der Waals surface area contributed by atoms with Gasteiger partial charge in [-0.1, -0.05) is 19.1 Å². The van der Waals surface area contributed by atoms with Crippen molar-refractivity contribution in [3.8, 4) is 0 Å². The second-order valence-electron chi connectivity index (χ2n) is 4.59. The Hall–Kier alpha value is -1.16. The molecule has 1 unspecified atom stereocenters. The second-order valence-corrected chi connectivity index (χ2v) is 5.03. The van der Waals surface area contributed by atoms with Crippen LogP contribution in [0.4, 0.5) is 5.82 Å². The maximum Gasteiger partial charge on any atom is 0.139 e. The summed E-state index contributed by atoms with van der Waals surface area (Å²) in [5.74, 6) is 0.974. The van der Waals surface area contributed by atoms with Crippen molar-refractivity contribution >= 4 is 23.0 Å². The molecule has 2 rings (SSSR count). The molecule has 92 valence electrons. The average molecular weight is 249 g/mol. The van der Waals surface area contributed by atoms with Crippen molar-refractivity contribution in [2.24, 2.45) is 5.73 Å². The SMILES string of the molecule is CCC1CCCN1c1nc(C)ccc1C(N)=S. The van der Waals surface area contributed by atoms with Crippen LogP contribution in [0.5, 0.6) is 0 Å². The number of aryl methyl sites for hydroxylation is 1. The molecule has 4 heteroatoms. The standard InChI is InChI=1S/C13H19N3S/c1-3-10-5-4-8-16(10)13-11(12(14)17)7-6-9(2)15-13/h6-7,10H,3-5,8H2,1-2H3,(H2,14,17). The summed E-state index contributed by atoms with van der Waals surface area (Å²) in [6, 6.07) is 4.54. The summed E-state index contributed by atoms with van der Waals surface area (Å²) < 4.78 is 0. The third kappa shape index (κ3) is 2.41. The Labute approximate surface area is 108 Å². The molecule has 0 aliphatic carbocycles. The summed E-state index contributed by atoms with van der Waals surface area (Å²) in [6.45, 7) is 5.29. The molecule has 1 fully saturated rings. The molecule has 0 amide bonds. The van der Waals surface area contributed by atoms with Crippen molar-refractivity contribution in [1.29, 1.82) is 0 Å². The minimum atomic E-state index is 0.439.